The first-order chi connectivity index (χ1) is 11.1. The number of benzene rings is 1. The first kappa shape index (κ1) is 17.2. The minimum absolute atomic E-state index is 0.304. The lowest BCUT2D eigenvalue weighted by molar-refractivity contribution is -0.149. The minimum Gasteiger partial charge on any atom is -0.467 e. The maximum absolute atomic E-state index is 12.5. The fourth-order valence-electron chi connectivity index (χ4n) is 3.08. The second-order valence-electron chi connectivity index (χ2n) is 5.47. The third-order valence-electron chi connectivity index (χ3n) is 4.05. The van der Waals surface area contributed by atoms with Crippen LogP contribution in [0.15, 0.2) is 30.3 Å². The highest BCUT2D eigenvalue weighted by atomic mass is 16.5. The number of nitrogens with one attached hydrogen (secondary N) is 1. The fraction of sp³-hybridized carbons (Fsp3) is 0.444. The van der Waals surface area contributed by atoms with Crippen molar-refractivity contribution in [3.63, 3.8) is 0 Å². The molecule has 1 heterocycles. The van der Waals surface area contributed by atoms with E-state index in [9.17, 15) is 9.59 Å². The Morgan fingerprint density at radius 1 is 1.30 bits per heavy atom. The Balaban J connectivity index is 2.52. The number of hydrogen-bond acceptors (Lipinski definition) is 5. The average molecular weight is 317 g/mol. The summed E-state index contributed by atoms with van der Waals surface area (Å²) in [5, 5.41) is 3.29. The second-order valence-corrected chi connectivity index (χ2v) is 5.47. The molecule has 1 N–H and O–H groups in total. The lowest BCUT2D eigenvalue weighted by atomic mass is 9.77. The van der Waals surface area contributed by atoms with Crippen LogP contribution in [0.4, 0.5) is 0 Å². The molecule has 0 bridgehead atoms. The Hall–Kier alpha value is -2.14. The van der Waals surface area contributed by atoms with Crippen molar-refractivity contribution in [3.8, 4) is 0 Å². The van der Waals surface area contributed by atoms with Gasteiger partial charge in [0, 0.05) is 12.6 Å². The van der Waals surface area contributed by atoms with Crippen LogP contribution in [-0.4, -0.2) is 32.2 Å². The maximum atomic E-state index is 12.5. The van der Waals surface area contributed by atoms with E-state index < -0.39 is 5.54 Å². The molecular formula is C18H23NO4. The van der Waals surface area contributed by atoms with Gasteiger partial charge >= 0.3 is 11.9 Å². The van der Waals surface area contributed by atoms with Gasteiger partial charge in [0.25, 0.3) is 0 Å². The zero-order valence-corrected chi connectivity index (χ0v) is 13.8. The molecule has 1 unspecified atom stereocenters. The fourth-order valence-corrected chi connectivity index (χ4v) is 3.08. The van der Waals surface area contributed by atoms with Crippen LogP contribution in [0.3, 0.4) is 0 Å². The normalized spacial score (nSPS) is 21.6. The molecule has 1 aromatic rings. The van der Waals surface area contributed by atoms with Crippen LogP contribution in [0.5, 0.6) is 0 Å². The van der Waals surface area contributed by atoms with E-state index in [0.29, 0.717) is 19.6 Å². The van der Waals surface area contributed by atoms with E-state index in [4.69, 9.17) is 9.47 Å². The Kier molecular flexibility index (Phi) is 5.55. The van der Waals surface area contributed by atoms with E-state index in [0.717, 1.165) is 23.1 Å². The van der Waals surface area contributed by atoms with Gasteiger partial charge in [0.05, 0.1) is 13.7 Å². The molecule has 0 aromatic heterocycles. The molecule has 1 aromatic carbocycles. The smallest absolute Gasteiger partial charge is 0.331 e. The van der Waals surface area contributed by atoms with Gasteiger partial charge in [-0.25, -0.2) is 9.59 Å². The molecule has 0 aliphatic carbocycles. The number of hydrogen-bond donors (Lipinski definition) is 1. The standard InChI is InChI=1S/C18H23NO4/c1-4-10-18(17(21)22-3)15-9-7-6-8-14(15)13(12-19-18)11-16(20)23-5-2/h6-9,11,19H,4-5,10,12H2,1-3H3/b13-11-. The molecule has 1 aliphatic rings. The minimum atomic E-state index is -0.869. The lowest BCUT2D eigenvalue weighted by Gasteiger charge is -2.38. The van der Waals surface area contributed by atoms with Gasteiger partial charge in [0.15, 0.2) is 0 Å². The predicted molar refractivity (Wildman–Crippen MR) is 87.7 cm³/mol. The van der Waals surface area contributed by atoms with Crippen LogP contribution >= 0.6 is 0 Å². The predicted octanol–water partition coefficient (Wildman–Crippen LogP) is 2.40. The lowest BCUT2D eigenvalue weighted by Crippen LogP contribution is -2.53. The highest BCUT2D eigenvalue weighted by Gasteiger charge is 2.44. The van der Waals surface area contributed by atoms with Crippen molar-refractivity contribution < 1.29 is 19.1 Å². The van der Waals surface area contributed by atoms with Gasteiger partial charge in [0.1, 0.15) is 5.54 Å². The van der Waals surface area contributed by atoms with E-state index in [2.05, 4.69) is 5.32 Å². The summed E-state index contributed by atoms with van der Waals surface area (Å²) in [6.45, 7) is 4.54. The van der Waals surface area contributed by atoms with Gasteiger partial charge in [0.2, 0.25) is 0 Å². The van der Waals surface area contributed by atoms with Crippen molar-refractivity contribution in [2.24, 2.45) is 0 Å². The molecule has 0 amide bonds. The summed E-state index contributed by atoms with van der Waals surface area (Å²) in [6.07, 6.45) is 2.94. The van der Waals surface area contributed by atoms with E-state index >= 15 is 0 Å². The van der Waals surface area contributed by atoms with Gasteiger partial charge in [-0.1, -0.05) is 37.6 Å². The summed E-state index contributed by atoms with van der Waals surface area (Å²) in [5.74, 6) is -0.679. The number of fused-ring (bicyclic) bond motifs is 1. The van der Waals surface area contributed by atoms with E-state index in [-0.39, 0.29) is 11.9 Å². The third kappa shape index (κ3) is 3.29. The van der Waals surface area contributed by atoms with Crippen molar-refractivity contribution >= 4 is 17.5 Å². The quantitative estimate of drug-likeness (QED) is 0.667. The molecule has 2 rings (SSSR count). The van der Waals surface area contributed by atoms with Crippen molar-refractivity contribution in [1.82, 2.24) is 5.32 Å². The molecule has 1 atom stereocenters. The monoisotopic (exact) mass is 317 g/mol. The summed E-state index contributed by atoms with van der Waals surface area (Å²) < 4.78 is 10.0. The number of carbonyl (C=O) groups excluding carboxylic acids is 2. The first-order valence-corrected chi connectivity index (χ1v) is 7.89. The van der Waals surface area contributed by atoms with Gasteiger partial charge in [-0.3, -0.25) is 5.32 Å². The Morgan fingerprint density at radius 3 is 2.70 bits per heavy atom. The first-order valence-electron chi connectivity index (χ1n) is 7.89. The zero-order valence-electron chi connectivity index (χ0n) is 13.8. The zero-order chi connectivity index (χ0) is 16.9. The molecule has 0 saturated heterocycles. The molecule has 5 nitrogen and oxygen atoms in total. The maximum Gasteiger partial charge on any atom is 0.331 e. The Labute approximate surface area is 136 Å². The van der Waals surface area contributed by atoms with Crippen molar-refractivity contribution in [1.29, 1.82) is 0 Å². The molecule has 0 spiro atoms. The summed E-state index contributed by atoms with van der Waals surface area (Å²) in [7, 11) is 1.40. The van der Waals surface area contributed by atoms with Crippen LogP contribution < -0.4 is 5.32 Å². The van der Waals surface area contributed by atoms with Crippen LogP contribution in [-0.2, 0) is 24.6 Å². The molecule has 5 heteroatoms. The SMILES string of the molecule is CCCC1(C(=O)OC)NC/C(=C/C(=O)OCC)c2ccccc21. The summed E-state index contributed by atoms with van der Waals surface area (Å²) in [4.78, 5) is 24.3. The van der Waals surface area contributed by atoms with Crippen molar-refractivity contribution in [3.05, 3.63) is 41.5 Å². The highest BCUT2D eigenvalue weighted by Crippen LogP contribution is 2.37. The summed E-state index contributed by atoms with van der Waals surface area (Å²) in [6, 6.07) is 7.62. The Bertz CT molecular complexity index is 623. The summed E-state index contributed by atoms with van der Waals surface area (Å²) in [5.41, 5.74) is 1.68. The van der Waals surface area contributed by atoms with Gasteiger partial charge in [-0.2, -0.15) is 0 Å². The Morgan fingerprint density at radius 2 is 2.04 bits per heavy atom. The van der Waals surface area contributed by atoms with Gasteiger partial charge < -0.3 is 9.47 Å². The topological polar surface area (TPSA) is 64.6 Å². The van der Waals surface area contributed by atoms with Crippen molar-refractivity contribution in [2.75, 3.05) is 20.3 Å². The number of esters is 2. The van der Waals surface area contributed by atoms with Gasteiger partial charge in [-0.05, 0) is 30.0 Å². The van der Waals surface area contributed by atoms with Crippen LogP contribution in [0.25, 0.3) is 5.57 Å². The van der Waals surface area contributed by atoms with Crippen LogP contribution in [0.2, 0.25) is 0 Å². The van der Waals surface area contributed by atoms with Crippen molar-refractivity contribution in [2.45, 2.75) is 32.2 Å². The average Bonchev–Trinajstić information content (AvgIpc) is 2.57. The number of ether oxygens (including phenoxy) is 2. The molecule has 124 valence electrons. The number of rotatable bonds is 5. The van der Waals surface area contributed by atoms with E-state index in [1.165, 1.54) is 13.2 Å². The molecule has 1 aliphatic heterocycles. The molecular weight excluding hydrogens is 294 g/mol. The van der Waals surface area contributed by atoms with Gasteiger partial charge in [-0.15, -0.1) is 0 Å². The van der Waals surface area contributed by atoms with E-state index in [1.54, 1.807) is 6.92 Å². The number of methoxy groups -OCH3 is 1. The molecule has 23 heavy (non-hydrogen) atoms. The largest absolute Gasteiger partial charge is 0.467 e. The molecule has 0 saturated carbocycles. The van der Waals surface area contributed by atoms with Crippen LogP contribution in [0.1, 0.15) is 37.8 Å². The molecule has 0 fully saturated rings. The third-order valence-corrected chi connectivity index (χ3v) is 4.05. The van der Waals surface area contributed by atoms with E-state index in [1.807, 2.05) is 31.2 Å². The molecule has 0 radical (unpaired) electrons. The second kappa shape index (κ2) is 7.42. The van der Waals surface area contributed by atoms with Crippen LogP contribution in [0, 0.1) is 0 Å². The highest BCUT2D eigenvalue weighted by molar-refractivity contribution is 5.95. The number of carbonyl (C=O) groups is 2. The summed E-state index contributed by atoms with van der Waals surface area (Å²) >= 11 is 0.